The van der Waals surface area contributed by atoms with E-state index in [-0.39, 0.29) is 23.0 Å². The number of nitrogens with one attached hydrogen (secondary N) is 3. The van der Waals surface area contributed by atoms with Gasteiger partial charge in [-0.2, -0.15) is 0 Å². The number of rotatable bonds is 9. The van der Waals surface area contributed by atoms with Crippen LogP contribution < -0.4 is 14.8 Å². The lowest BCUT2D eigenvalue weighted by atomic mass is 9.93. The van der Waals surface area contributed by atoms with E-state index in [1.165, 1.54) is 13.2 Å². The Labute approximate surface area is 216 Å². The van der Waals surface area contributed by atoms with Crippen LogP contribution in [0.3, 0.4) is 0 Å². The molecule has 3 aromatic carbocycles. The van der Waals surface area contributed by atoms with E-state index in [0.717, 1.165) is 22.0 Å². The monoisotopic (exact) mass is 521 g/mol. The van der Waals surface area contributed by atoms with Crippen molar-refractivity contribution >= 4 is 26.8 Å². The fourth-order valence-corrected chi connectivity index (χ4v) is 5.80. The minimum absolute atomic E-state index is 0.0453. The van der Waals surface area contributed by atoms with Crippen molar-refractivity contribution in [1.82, 2.24) is 15.0 Å². The van der Waals surface area contributed by atoms with Gasteiger partial charge < -0.3 is 20.1 Å². The second-order valence-electron chi connectivity index (χ2n) is 9.41. The molecule has 1 aromatic heterocycles. The number of hydrogen-bond acceptors (Lipinski definition) is 5. The summed E-state index contributed by atoms with van der Waals surface area (Å²) < 4.78 is 35.4. The highest BCUT2D eigenvalue weighted by atomic mass is 32.2. The second-order valence-corrected chi connectivity index (χ2v) is 11.1. The Balaban J connectivity index is 1.68. The smallest absolute Gasteiger partial charge is 0.251 e. The number of ether oxygens (including phenoxy) is 1. The predicted octanol–water partition coefficient (Wildman–Crippen LogP) is 3.86. The number of sulfonamides is 1. The summed E-state index contributed by atoms with van der Waals surface area (Å²) in [6.07, 6.45) is 2.11. The summed E-state index contributed by atoms with van der Waals surface area (Å²) in [5, 5.41) is 14.5. The normalized spacial score (nSPS) is 12.9. The zero-order chi connectivity index (χ0) is 26.8. The van der Waals surface area contributed by atoms with Gasteiger partial charge >= 0.3 is 0 Å². The van der Waals surface area contributed by atoms with E-state index in [1.807, 2.05) is 30.5 Å². The molecule has 4 aromatic rings. The highest BCUT2D eigenvalue weighted by molar-refractivity contribution is 7.89. The van der Waals surface area contributed by atoms with E-state index in [9.17, 15) is 18.3 Å². The third-order valence-corrected chi connectivity index (χ3v) is 7.90. The standard InChI is InChI=1S/C28H31N3O5S/c1-28(2,33)26(16-21-17-30-23-8-6-5-7-22(21)23)31-37(34,35)25-15-20(13-14-24(25)36-4)18-9-11-19(12-10-18)27(32)29-3/h5-15,17,26,30-31,33H,16H2,1-4H3,(H,29,32)/t26-/m1/s1. The maximum absolute atomic E-state index is 13.7. The molecular formula is C28H31N3O5S. The molecule has 194 valence electrons. The average molecular weight is 522 g/mol. The van der Waals surface area contributed by atoms with Crippen LogP contribution in [0.4, 0.5) is 0 Å². The number of amides is 1. The fraction of sp³-hybridized carbons (Fsp3) is 0.250. The van der Waals surface area contributed by atoms with Crippen LogP contribution in [-0.2, 0) is 16.4 Å². The Morgan fingerprint density at radius 3 is 2.38 bits per heavy atom. The van der Waals surface area contributed by atoms with E-state index in [1.54, 1.807) is 57.3 Å². The van der Waals surface area contributed by atoms with Crippen LogP contribution in [0, 0.1) is 0 Å². The van der Waals surface area contributed by atoms with Crippen molar-refractivity contribution in [3.8, 4) is 16.9 Å². The Morgan fingerprint density at radius 1 is 1.05 bits per heavy atom. The summed E-state index contributed by atoms with van der Waals surface area (Å²) in [6, 6.07) is 18.7. The van der Waals surface area contributed by atoms with Crippen LogP contribution in [-0.4, -0.2) is 50.2 Å². The zero-order valence-corrected chi connectivity index (χ0v) is 22.0. The molecule has 0 aliphatic heterocycles. The Hall–Kier alpha value is -3.66. The lowest BCUT2D eigenvalue weighted by Crippen LogP contribution is -2.50. The van der Waals surface area contributed by atoms with Gasteiger partial charge in [-0.15, -0.1) is 0 Å². The first-order valence-corrected chi connectivity index (χ1v) is 13.3. The Morgan fingerprint density at radius 2 is 1.73 bits per heavy atom. The van der Waals surface area contributed by atoms with Crippen molar-refractivity contribution in [2.45, 2.75) is 36.8 Å². The van der Waals surface area contributed by atoms with Gasteiger partial charge in [0, 0.05) is 29.7 Å². The molecule has 1 heterocycles. The summed E-state index contributed by atoms with van der Waals surface area (Å²) in [5.74, 6) is -0.0265. The van der Waals surface area contributed by atoms with Crippen LogP contribution in [0.2, 0.25) is 0 Å². The van der Waals surface area contributed by atoms with Gasteiger partial charge in [-0.05, 0) is 67.3 Å². The highest BCUT2D eigenvalue weighted by Gasteiger charge is 2.33. The first kappa shape index (κ1) is 26.4. The van der Waals surface area contributed by atoms with Crippen LogP contribution in [0.5, 0.6) is 5.75 Å². The topological polar surface area (TPSA) is 121 Å². The molecule has 0 bridgehead atoms. The molecule has 4 rings (SSSR count). The van der Waals surface area contributed by atoms with E-state index < -0.39 is 21.7 Å². The maximum atomic E-state index is 13.7. The van der Waals surface area contributed by atoms with Gasteiger partial charge in [-0.3, -0.25) is 4.79 Å². The zero-order valence-electron chi connectivity index (χ0n) is 21.2. The largest absolute Gasteiger partial charge is 0.495 e. The van der Waals surface area contributed by atoms with Crippen LogP contribution in [0.1, 0.15) is 29.8 Å². The molecule has 4 N–H and O–H groups in total. The first-order chi connectivity index (χ1) is 17.5. The molecule has 9 heteroatoms. The van der Waals surface area contributed by atoms with E-state index in [2.05, 4.69) is 15.0 Å². The number of aromatic nitrogens is 1. The molecule has 37 heavy (non-hydrogen) atoms. The van der Waals surface area contributed by atoms with Gasteiger partial charge in [0.05, 0.1) is 18.8 Å². The van der Waals surface area contributed by atoms with Gasteiger partial charge in [0.15, 0.2) is 0 Å². The van der Waals surface area contributed by atoms with E-state index >= 15 is 0 Å². The summed E-state index contributed by atoms with van der Waals surface area (Å²) in [6.45, 7) is 3.16. The van der Waals surface area contributed by atoms with Crippen LogP contribution >= 0.6 is 0 Å². The molecule has 0 spiro atoms. The van der Waals surface area contributed by atoms with E-state index in [0.29, 0.717) is 11.1 Å². The minimum Gasteiger partial charge on any atom is -0.495 e. The van der Waals surface area contributed by atoms with Crippen molar-refractivity contribution < 1.29 is 23.1 Å². The molecule has 0 fully saturated rings. The molecule has 0 unspecified atom stereocenters. The third-order valence-electron chi connectivity index (χ3n) is 6.41. The number of carbonyl (C=O) groups is 1. The fourth-order valence-electron chi connectivity index (χ4n) is 4.23. The Kier molecular flexibility index (Phi) is 7.40. The number of carbonyl (C=O) groups excluding carboxylic acids is 1. The van der Waals surface area contributed by atoms with Gasteiger partial charge in [0.1, 0.15) is 10.6 Å². The van der Waals surface area contributed by atoms with Crippen LogP contribution in [0.25, 0.3) is 22.0 Å². The molecule has 0 aliphatic carbocycles. The number of para-hydroxylation sites is 1. The van der Waals surface area contributed by atoms with Crippen LogP contribution in [0.15, 0.2) is 77.8 Å². The molecule has 8 nitrogen and oxygen atoms in total. The maximum Gasteiger partial charge on any atom is 0.251 e. The predicted molar refractivity (Wildman–Crippen MR) is 144 cm³/mol. The number of aliphatic hydroxyl groups is 1. The quantitative estimate of drug-likeness (QED) is 0.267. The number of aromatic amines is 1. The molecule has 0 saturated heterocycles. The summed E-state index contributed by atoms with van der Waals surface area (Å²) in [5.41, 5.74) is 2.35. The van der Waals surface area contributed by atoms with Crippen molar-refractivity contribution in [3.05, 3.63) is 84.1 Å². The minimum atomic E-state index is -4.11. The van der Waals surface area contributed by atoms with Crippen molar-refractivity contribution in [3.63, 3.8) is 0 Å². The Bertz CT molecular complexity index is 1520. The SMILES string of the molecule is CNC(=O)c1ccc(-c2ccc(OC)c(S(=O)(=O)N[C@H](Cc3c[nH]c4ccccc34)C(C)(C)O)c2)cc1. The van der Waals surface area contributed by atoms with Gasteiger partial charge in [0.2, 0.25) is 10.0 Å². The van der Waals surface area contributed by atoms with Gasteiger partial charge in [-0.25, -0.2) is 13.1 Å². The van der Waals surface area contributed by atoms with Gasteiger partial charge in [-0.1, -0.05) is 36.4 Å². The van der Waals surface area contributed by atoms with Crippen molar-refractivity contribution in [2.75, 3.05) is 14.2 Å². The number of fused-ring (bicyclic) bond motifs is 1. The van der Waals surface area contributed by atoms with Gasteiger partial charge in [0.25, 0.3) is 5.91 Å². The number of benzene rings is 3. The second kappa shape index (κ2) is 10.4. The van der Waals surface area contributed by atoms with Crippen molar-refractivity contribution in [2.24, 2.45) is 0 Å². The lowest BCUT2D eigenvalue weighted by molar-refractivity contribution is 0.0461. The first-order valence-electron chi connectivity index (χ1n) is 11.8. The molecular weight excluding hydrogens is 490 g/mol. The molecule has 0 saturated carbocycles. The van der Waals surface area contributed by atoms with Crippen molar-refractivity contribution in [1.29, 1.82) is 0 Å². The number of hydrogen-bond donors (Lipinski definition) is 4. The third kappa shape index (κ3) is 5.69. The molecule has 0 aliphatic rings. The summed E-state index contributed by atoms with van der Waals surface area (Å²) >= 11 is 0. The number of methoxy groups -OCH3 is 1. The van der Waals surface area contributed by atoms with E-state index in [4.69, 9.17) is 4.74 Å². The lowest BCUT2D eigenvalue weighted by Gasteiger charge is -2.30. The molecule has 1 atom stereocenters. The number of H-pyrrole nitrogens is 1. The molecule has 1 amide bonds. The summed E-state index contributed by atoms with van der Waals surface area (Å²) in [7, 11) is -1.14. The summed E-state index contributed by atoms with van der Waals surface area (Å²) in [4.78, 5) is 15.0. The average Bonchev–Trinajstić information content (AvgIpc) is 3.29. The molecule has 0 radical (unpaired) electrons. The highest BCUT2D eigenvalue weighted by Crippen LogP contribution is 2.31.